The van der Waals surface area contributed by atoms with Crippen LogP contribution in [0.4, 0.5) is 13.2 Å². The number of hydrogen-bond donors (Lipinski definition) is 2. The monoisotopic (exact) mass is 300 g/mol. The predicted octanol–water partition coefficient (Wildman–Crippen LogP) is 4.28. The van der Waals surface area contributed by atoms with Crippen LogP contribution < -0.4 is 11.3 Å². The summed E-state index contributed by atoms with van der Waals surface area (Å²) in [7, 11) is 0. The fourth-order valence-corrected chi connectivity index (χ4v) is 3.40. The van der Waals surface area contributed by atoms with Gasteiger partial charge in [0.1, 0.15) is 0 Å². The number of benzene rings is 1. The summed E-state index contributed by atoms with van der Waals surface area (Å²) in [4.78, 5) is 0. The van der Waals surface area contributed by atoms with Gasteiger partial charge in [-0.1, -0.05) is 38.5 Å². The van der Waals surface area contributed by atoms with E-state index in [1.807, 2.05) is 0 Å². The van der Waals surface area contributed by atoms with E-state index < -0.39 is 17.8 Å². The van der Waals surface area contributed by atoms with Gasteiger partial charge in [0, 0.05) is 6.04 Å². The topological polar surface area (TPSA) is 38.0 Å². The molecule has 1 aromatic rings. The first kappa shape index (κ1) is 16.3. The predicted molar refractivity (Wildman–Crippen MR) is 77.2 cm³/mol. The van der Waals surface area contributed by atoms with Crippen LogP contribution in [0.25, 0.3) is 0 Å². The van der Waals surface area contributed by atoms with Crippen LogP contribution in [0.1, 0.15) is 50.3 Å². The van der Waals surface area contributed by atoms with Gasteiger partial charge in [-0.3, -0.25) is 11.3 Å². The van der Waals surface area contributed by atoms with Crippen LogP contribution >= 0.6 is 0 Å². The maximum atomic E-state index is 13.2. The van der Waals surface area contributed by atoms with E-state index in [1.165, 1.54) is 12.1 Å². The molecular formula is C16H23F3N2. The van der Waals surface area contributed by atoms with Crippen molar-refractivity contribution in [2.45, 2.75) is 45.3 Å². The first-order chi connectivity index (χ1) is 9.84. The average Bonchev–Trinajstić information content (AvgIpc) is 2.43. The standard InChI is InChI=1S/C16H23F3N2/c1-10-7-8-12(9-11(10)2)15(21-20)13-5-3-4-6-14(13)16(17,18)19/h3-6,10-12,15,21H,7-9,20H2,1-2H3. The molecule has 2 nitrogen and oxygen atoms in total. The van der Waals surface area contributed by atoms with Gasteiger partial charge in [-0.15, -0.1) is 0 Å². The maximum absolute atomic E-state index is 13.2. The van der Waals surface area contributed by atoms with Gasteiger partial charge in [0.2, 0.25) is 0 Å². The van der Waals surface area contributed by atoms with Crippen LogP contribution in [0.3, 0.4) is 0 Å². The Kier molecular flexibility index (Phi) is 4.94. The second-order valence-electron chi connectivity index (χ2n) is 6.26. The van der Waals surface area contributed by atoms with Crippen molar-refractivity contribution >= 4 is 0 Å². The van der Waals surface area contributed by atoms with Crippen LogP contribution in [0.2, 0.25) is 0 Å². The Bertz CT molecular complexity index is 473. The number of nitrogens with one attached hydrogen (secondary N) is 1. The molecule has 0 radical (unpaired) electrons. The van der Waals surface area contributed by atoms with E-state index in [4.69, 9.17) is 5.84 Å². The highest BCUT2D eigenvalue weighted by Gasteiger charge is 2.38. The minimum atomic E-state index is -4.35. The van der Waals surface area contributed by atoms with E-state index in [2.05, 4.69) is 19.3 Å². The largest absolute Gasteiger partial charge is 0.416 e. The van der Waals surface area contributed by atoms with Crippen molar-refractivity contribution in [3.8, 4) is 0 Å². The minimum Gasteiger partial charge on any atom is -0.271 e. The van der Waals surface area contributed by atoms with Crippen molar-refractivity contribution in [2.75, 3.05) is 0 Å². The van der Waals surface area contributed by atoms with Gasteiger partial charge in [-0.25, -0.2) is 0 Å². The molecule has 0 heterocycles. The molecule has 4 atom stereocenters. The van der Waals surface area contributed by atoms with Gasteiger partial charge in [0.25, 0.3) is 0 Å². The molecule has 1 saturated carbocycles. The van der Waals surface area contributed by atoms with Crippen molar-refractivity contribution < 1.29 is 13.2 Å². The minimum absolute atomic E-state index is 0.143. The fourth-order valence-electron chi connectivity index (χ4n) is 3.40. The zero-order valence-corrected chi connectivity index (χ0v) is 12.5. The van der Waals surface area contributed by atoms with Crippen LogP contribution in [-0.2, 0) is 6.18 Å². The molecule has 0 bridgehead atoms. The molecule has 0 amide bonds. The number of nitrogens with two attached hydrogens (primary N) is 1. The van der Waals surface area contributed by atoms with Crippen LogP contribution in [0.15, 0.2) is 24.3 Å². The van der Waals surface area contributed by atoms with Crippen molar-refractivity contribution in [2.24, 2.45) is 23.6 Å². The normalized spacial score (nSPS) is 28.4. The van der Waals surface area contributed by atoms with Gasteiger partial charge >= 0.3 is 6.18 Å². The molecule has 0 aromatic heterocycles. The van der Waals surface area contributed by atoms with Crippen molar-refractivity contribution in [1.82, 2.24) is 5.43 Å². The Balaban J connectivity index is 2.30. The second-order valence-corrected chi connectivity index (χ2v) is 6.26. The van der Waals surface area contributed by atoms with Crippen LogP contribution in [0, 0.1) is 17.8 Å². The van der Waals surface area contributed by atoms with Gasteiger partial charge in [-0.2, -0.15) is 13.2 Å². The Morgan fingerprint density at radius 2 is 1.81 bits per heavy atom. The van der Waals surface area contributed by atoms with E-state index in [9.17, 15) is 13.2 Å². The molecule has 2 rings (SSSR count). The van der Waals surface area contributed by atoms with Crippen LogP contribution in [-0.4, -0.2) is 0 Å². The quantitative estimate of drug-likeness (QED) is 0.646. The lowest BCUT2D eigenvalue weighted by Crippen LogP contribution is -2.38. The Morgan fingerprint density at radius 1 is 1.14 bits per heavy atom. The Labute approximate surface area is 123 Å². The number of rotatable bonds is 3. The summed E-state index contributed by atoms with van der Waals surface area (Å²) >= 11 is 0. The average molecular weight is 300 g/mol. The summed E-state index contributed by atoms with van der Waals surface area (Å²) in [5.41, 5.74) is 2.32. The third-order valence-corrected chi connectivity index (χ3v) is 4.89. The van der Waals surface area contributed by atoms with E-state index >= 15 is 0 Å². The lowest BCUT2D eigenvalue weighted by Gasteiger charge is -2.37. The summed E-state index contributed by atoms with van der Waals surface area (Å²) < 4.78 is 39.5. The Morgan fingerprint density at radius 3 is 2.38 bits per heavy atom. The molecule has 0 spiro atoms. The lowest BCUT2D eigenvalue weighted by molar-refractivity contribution is -0.138. The van der Waals surface area contributed by atoms with Gasteiger partial charge in [-0.05, 0) is 42.2 Å². The van der Waals surface area contributed by atoms with Crippen molar-refractivity contribution in [3.05, 3.63) is 35.4 Å². The first-order valence-corrected chi connectivity index (χ1v) is 7.46. The molecule has 1 fully saturated rings. The highest BCUT2D eigenvalue weighted by molar-refractivity contribution is 5.33. The molecule has 1 aromatic carbocycles. The molecule has 5 heteroatoms. The van der Waals surface area contributed by atoms with Gasteiger partial charge in [0.15, 0.2) is 0 Å². The van der Waals surface area contributed by atoms with Gasteiger partial charge < -0.3 is 0 Å². The smallest absolute Gasteiger partial charge is 0.271 e. The summed E-state index contributed by atoms with van der Waals surface area (Å²) in [6, 6.07) is 5.29. The van der Waals surface area contributed by atoms with Crippen molar-refractivity contribution in [1.29, 1.82) is 0 Å². The molecule has 1 aliphatic carbocycles. The molecule has 21 heavy (non-hydrogen) atoms. The molecule has 3 N–H and O–H groups in total. The maximum Gasteiger partial charge on any atom is 0.416 e. The zero-order chi connectivity index (χ0) is 15.6. The summed E-state index contributed by atoms with van der Waals surface area (Å²) in [6.07, 6.45) is -1.49. The molecule has 0 aliphatic heterocycles. The second kappa shape index (κ2) is 6.36. The summed E-state index contributed by atoms with van der Waals surface area (Å²) in [5.74, 6) is 6.89. The number of hydrazine groups is 1. The van der Waals surface area contributed by atoms with E-state index in [0.29, 0.717) is 11.8 Å². The van der Waals surface area contributed by atoms with Crippen molar-refractivity contribution in [3.63, 3.8) is 0 Å². The van der Waals surface area contributed by atoms with E-state index in [1.54, 1.807) is 6.07 Å². The number of alkyl halides is 3. The highest BCUT2D eigenvalue weighted by atomic mass is 19.4. The van der Waals surface area contributed by atoms with Crippen LogP contribution in [0.5, 0.6) is 0 Å². The third-order valence-electron chi connectivity index (χ3n) is 4.89. The molecular weight excluding hydrogens is 277 g/mol. The third kappa shape index (κ3) is 3.58. The SMILES string of the molecule is CC1CCC(C(NN)c2ccccc2C(F)(F)F)CC1C. The Hall–Kier alpha value is -1.07. The van der Waals surface area contributed by atoms with E-state index in [-0.39, 0.29) is 11.5 Å². The van der Waals surface area contributed by atoms with E-state index in [0.717, 1.165) is 25.3 Å². The zero-order valence-electron chi connectivity index (χ0n) is 12.5. The molecule has 0 saturated heterocycles. The summed E-state index contributed by atoms with van der Waals surface area (Å²) in [6.45, 7) is 4.37. The van der Waals surface area contributed by atoms with Gasteiger partial charge in [0.05, 0.1) is 5.56 Å². The lowest BCUT2D eigenvalue weighted by atomic mass is 9.71. The molecule has 1 aliphatic rings. The number of hydrogen-bond acceptors (Lipinski definition) is 2. The fraction of sp³-hybridized carbons (Fsp3) is 0.625. The number of halogens is 3. The molecule has 118 valence electrons. The first-order valence-electron chi connectivity index (χ1n) is 7.46. The summed E-state index contributed by atoms with van der Waals surface area (Å²) in [5, 5.41) is 0. The highest BCUT2D eigenvalue weighted by Crippen LogP contribution is 2.42. The molecule has 4 unspecified atom stereocenters.